The fourth-order valence-corrected chi connectivity index (χ4v) is 2.83. The molecule has 0 radical (unpaired) electrons. The molecule has 1 fully saturated rings. The number of halogens is 2. The van der Waals surface area contributed by atoms with Crippen molar-refractivity contribution in [3.8, 4) is 0 Å². The summed E-state index contributed by atoms with van der Waals surface area (Å²) >= 11 is 5.51. The third kappa shape index (κ3) is 2.35. The second-order valence-electron chi connectivity index (χ2n) is 3.70. The number of rotatable bonds is 3. The molecule has 1 aliphatic carbocycles. The Labute approximate surface area is 97.6 Å². The van der Waals surface area contributed by atoms with E-state index in [4.69, 9.17) is 17.3 Å². The van der Waals surface area contributed by atoms with E-state index in [0.29, 0.717) is 6.42 Å². The van der Waals surface area contributed by atoms with E-state index in [1.165, 1.54) is 0 Å². The minimum absolute atomic E-state index is 0.0574. The molecule has 7 heteroatoms. The summed E-state index contributed by atoms with van der Waals surface area (Å²) in [5.74, 6) is -0.649. The summed E-state index contributed by atoms with van der Waals surface area (Å²) in [7, 11) is -3.65. The molecule has 0 saturated heterocycles. The summed E-state index contributed by atoms with van der Waals surface area (Å²) in [6.07, 6.45) is 0.619. The molecule has 0 amide bonds. The van der Waals surface area contributed by atoms with Crippen molar-refractivity contribution in [1.29, 1.82) is 0 Å². The van der Waals surface area contributed by atoms with Crippen LogP contribution in [0.3, 0.4) is 0 Å². The van der Waals surface area contributed by atoms with Gasteiger partial charge in [-0.05, 0) is 24.6 Å². The van der Waals surface area contributed by atoms with Crippen LogP contribution in [0, 0.1) is 5.82 Å². The molecule has 0 heterocycles. The van der Waals surface area contributed by atoms with Gasteiger partial charge in [-0.3, -0.25) is 0 Å². The molecular formula is C9H10ClFN2O2S. The first kappa shape index (κ1) is 11.8. The van der Waals surface area contributed by atoms with E-state index in [1.807, 2.05) is 0 Å². The van der Waals surface area contributed by atoms with E-state index < -0.39 is 15.8 Å². The molecule has 3 N–H and O–H groups in total. The Hall–Kier alpha value is -0.690. The maximum absolute atomic E-state index is 12.9. The molecule has 0 aliphatic heterocycles. The zero-order valence-electron chi connectivity index (χ0n) is 8.15. The molecule has 0 bridgehead atoms. The number of benzene rings is 1. The van der Waals surface area contributed by atoms with Gasteiger partial charge in [-0.1, -0.05) is 11.6 Å². The predicted molar refractivity (Wildman–Crippen MR) is 58.1 cm³/mol. The molecule has 2 unspecified atom stereocenters. The SMILES string of the molecule is NC1CC1NS(=O)(=O)c1ccc(F)c(Cl)c1. The topological polar surface area (TPSA) is 72.2 Å². The average Bonchev–Trinajstić information content (AvgIpc) is 2.85. The van der Waals surface area contributed by atoms with Crippen molar-refractivity contribution in [1.82, 2.24) is 4.72 Å². The van der Waals surface area contributed by atoms with Crippen LogP contribution in [0.25, 0.3) is 0 Å². The van der Waals surface area contributed by atoms with Crippen LogP contribution in [-0.2, 0) is 10.0 Å². The quantitative estimate of drug-likeness (QED) is 0.850. The maximum atomic E-state index is 12.9. The summed E-state index contributed by atoms with van der Waals surface area (Å²) in [6, 6.07) is 2.90. The summed E-state index contributed by atoms with van der Waals surface area (Å²) in [5, 5.41) is -0.219. The van der Waals surface area contributed by atoms with Gasteiger partial charge in [-0.15, -0.1) is 0 Å². The summed E-state index contributed by atoms with van der Waals surface area (Å²) in [6.45, 7) is 0. The zero-order chi connectivity index (χ0) is 11.9. The highest BCUT2D eigenvalue weighted by atomic mass is 35.5. The fraction of sp³-hybridized carbons (Fsp3) is 0.333. The van der Waals surface area contributed by atoms with Crippen LogP contribution >= 0.6 is 11.6 Å². The van der Waals surface area contributed by atoms with Gasteiger partial charge in [0.15, 0.2) is 0 Å². The molecule has 1 aliphatic rings. The van der Waals surface area contributed by atoms with Gasteiger partial charge in [0.2, 0.25) is 10.0 Å². The van der Waals surface area contributed by atoms with Crippen LogP contribution in [0.4, 0.5) is 4.39 Å². The van der Waals surface area contributed by atoms with E-state index in [0.717, 1.165) is 18.2 Å². The lowest BCUT2D eigenvalue weighted by Crippen LogP contribution is -2.29. The number of sulfonamides is 1. The smallest absolute Gasteiger partial charge is 0.240 e. The van der Waals surface area contributed by atoms with Gasteiger partial charge in [0.1, 0.15) is 5.82 Å². The molecule has 4 nitrogen and oxygen atoms in total. The van der Waals surface area contributed by atoms with Crippen LogP contribution in [-0.4, -0.2) is 20.5 Å². The van der Waals surface area contributed by atoms with Crippen LogP contribution in [0.1, 0.15) is 6.42 Å². The first-order valence-corrected chi connectivity index (χ1v) is 6.49. The van der Waals surface area contributed by atoms with Gasteiger partial charge in [0.05, 0.1) is 9.92 Å². The van der Waals surface area contributed by atoms with E-state index in [1.54, 1.807) is 0 Å². The lowest BCUT2D eigenvalue weighted by atomic mass is 10.3. The van der Waals surface area contributed by atoms with E-state index in [2.05, 4.69) is 4.72 Å². The Morgan fingerprint density at radius 3 is 2.62 bits per heavy atom. The van der Waals surface area contributed by atoms with Crippen molar-refractivity contribution in [2.45, 2.75) is 23.4 Å². The monoisotopic (exact) mass is 264 g/mol. The highest BCUT2D eigenvalue weighted by molar-refractivity contribution is 7.89. The molecule has 2 atom stereocenters. The summed E-state index contributed by atoms with van der Waals surface area (Å²) in [4.78, 5) is -0.0574. The maximum Gasteiger partial charge on any atom is 0.240 e. The molecule has 1 aromatic carbocycles. The third-order valence-electron chi connectivity index (χ3n) is 2.35. The Morgan fingerprint density at radius 2 is 2.12 bits per heavy atom. The Balaban J connectivity index is 2.25. The van der Waals surface area contributed by atoms with Gasteiger partial charge in [0.25, 0.3) is 0 Å². The van der Waals surface area contributed by atoms with Crippen molar-refractivity contribution < 1.29 is 12.8 Å². The first-order valence-electron chi connectivity index (χ1n) is 4.63. The van der Waals surface area contributed by atoms with Crippen LogP contribution < -0.4 is 10.5 Å². The van der Waals surface area contributed by atoms with Gasteiger partial charge >= 0.3 is 0 Å². The van der Waals surface area contributed by atoms with Crippen molar-refractivity contribution in [2.24, 2.45) is 5.73 Å². The summed E-state index contributed by atoms with van der Waals surface area (Å²) in [5.41, 5.74) is 5.49. The molecular weight excluding hydrogens is 255 g/mol. The van der Waals surface area contributed by atoms with Crippen LogP contribution in [0.2, 0.25) is 5.02 Å². The van der Waals surface area contributed by atoms with Gasteiger partial charge < -0.3 is 5.73 Å². The Morgan fingerprint density at radius 1 is 1.50 bits per heavy atom. The second kappa shape index (κ2) is 3.96. The highest BCUT2D eigenvalue weighted by Crippen LogP contribution is 2.23. The Kier molecular flexibility index (Phi) is 2.91. The van der Waals surface area contributed by atoms with Gasteiger partial charge in [-0.2, -0.15) is 0 Å². The Bertz CT molecular complexity index is 520. The van der Waals surface area contributed by atoms with E-state index in [-0.39, 0.29) is 22.0 Å². The van der Waals surface area contributed by atoms with Crippen LogP contribution in [0.15, 0.2) is 23.1 Å². The van der Waals surface area contributed by atoms with Gasteiger partial charge in [0, 0.05) is 12.1 Å². The highest BCUT2D eigenvalue weighted by Gasteiger charge is 2.37. The largest absolute Gasteiger partial charge is 0.326 e. The third-order valence-corrected chi connectivity index (χ3v) is 4.12. The summed E-state index contributed by atoms with van der Waals surface area (Å²) < 4.78 is 38.8. The number of hydrogen-bond donors (Lipinski definition) is 2. The lowest BCUT2D eigenvalue weighted by Gasteiger charge is -2.06. The number of nitrogens with one attached hydrogen (secondary N) is 1. The number of nitrogens with two attached hydrogens (primary N) is 1. The van der Waals surface area contributed by atoms with Gasteiger partial charge in [-0.25, -0.2) is 17.5 Å². The number of hydrogen-bond acceptors (Lipinski definition) is 3. The predicted octanol–water partition coefficient (Wildman–Crippen LogP) is 0.857. The molecule has 2 rings (SSSR count). The minimum atomic E-state index is -3.65. The fourth-order valence-electron chi connectivity index (χ4n) is 1.26. The second-order valence-corrected chi connectivity index (χ2v) is 5.82. The standard InChI is InChI=1S/C9H10ClFN2O2S/c10-6-3-5(1-2-7(6)11)16(14,15)13-9-4-8(9)12/h1-3,8-9,13H,4,12H2. The molecule has 88 valence electrons. The molecule has 0 aromatic heterocycles. The van der Waals surface area contributed by atoms with Crippen molar-refractivity contribution in [3.05, 3.63) is 29.0 Å². The molecule has 1 saturated carbocycles. The van der Waals surface area contributed by atoms with Crippen molar-refractivity contribution in [3.63, 3.8) is 0 Å². The van der Waals surface area contributed by atoms with Crippen LogP contribution in [0.5, 0.6) is 0 Å². The molecule has 16 heavy (non-hydrogen) atoms. The zero-order valence-corrected chi connectivity index (χ0v) is 9.72. The first-order chi connectivity index (χ1) is 7.40. The van der Waals surface area contributed by atoms with E-state index >= 15 is 0 Å². The van der Waals surface area contributed by atoms with E-state index in [9.17, 15) is 12.8 Å². The molecule has 0 spiro atoms. The average molecular weight is 265 g/mol. The lowest BCUT2D eigenvalue weighted by molar-refractivity contribution is 0.579. The van der Waals surface area contributed by atoms with Crippen molar-refractivity contribution in [2.75, 3.05) is 0 Å². The minimum Gasteiger partial charge on any atom is -0.326 e. The molecule has 1 aromatic rings. The van der Waals surface area contributed by atoms with Crippen molar-refractivity contribution >= 4 is 21.6 Å². The normalized spacial score (nSPS) is 24.4.